The van der Waals surface area contributed by atoms with Gasteiger partial charge in [-0.1, -0.05) is 19.9 Å². The third-order valence-electron chi connectivity index (χ3n) is 4.02. The van der Waals surface area contributed by atoms with Gasteiger partial charge < -0.3 is 15.2 Å². The van der Waals surface area contributed by atoms with E-state index < -0.39 is 6.10 Å². The molecule has 21 heavy (non-hydrogen) atoms. The Hall–Kier alpha value is -1.06. The predicted octanol–water partition coefficient (Wildman–Crippen LogP) is 3.40. The zero-order chi connectivity index (χ0) is 15.1. The average Bonchev–Trinajstić information content (AvgIpc) is 2.92. The molecule has 0 aliphatic heterocycles. The maximum atomic E-state index is 9.92. The summed E-state index contributed by atoms with van der Waals surface area (Å²) in [5.74, 6) is 0.722. The van der Waals surface area contributed by atoms with E-state index in [9.17, 15) is 5.11 Å². The molecule has 1 aliphatic rings. The van der Waals surface area contributed by atoms with Crippen molar-refractivity contribution in [2.75, 3.05) is 25.1 Å². The summed E-state index contributed by atoms with van der Waals surface area (Å²) in [4.78, 5) is 0. The molecule has 0 bridgehead atoms. The zero-order valence-corrected chi connectivity index (χ0v) is 13.4. The highest BCUT2D eigenvalue weighted by molar-refractivity contribution is 5.50. The van der Waals surface area contributed by atoms with Gasteiger partial charge in [-0.25, -0.2) is 0 Å². The summed E-state index contributed by atoms with van der Waals surface area (Å²) in [5.41, 5.74) is 4.04. The van der Waals surface area contributed by atoms with Gasteiger partial charge >= 0.3 is 0 Å². The van der Waals surface area contributed by atoms with Crippen LogP contribution in [0.5, 0.6) is 0 Å². The van der Waals surface area contributed by atoms with Crippen LogP contribution < -0.4 is 5.32 Å². The van der Waals surface area contributed by atoms with Gasteiger partial charge in [0.2, 0.25) is 0 Å². The molecule has 1 unspecified atom stereocenters. The molecular weight excluding hydrogens is 262 g/mol. The number of nitrogens with one attached hydrogen (secondary N) is 1. The molecule has 0 radical (unpaired) electrons. The Morgan fingerprint density at radius 1 is 1.24 bits per heavy atom. The third-order valence-corrected chi connectivity index (χ3v) is 4.02. The summed E-state index contributed by atoms with van der Waals surface area (Å²) in [5, 5.41) is 13.2. The summed E-state index contributed by atoms with van der Waals surface area (Å²) in [6, 6.07) is 6.54. The topological polar surface area (TPSA) is 41.5 Å². The second-order valence-corrected chi connectivity index (χ2v) is 6.48. The monoisotopic (exact) mass is 291 g/mol. The highest BCUT2D eigenvalue weighted by Gasteiger charge is 2.11. The summed E-state index contributed by atoms with van der Waals surface area (Å²) in [7, 11) is 0. The number of aryl methyl sites for hydroxylation is 2. The Balaban J connectivity index is 1.61. The Morgan fingerprint density at radius 3 is 2.86 bits per heavy atom. The number of hydrogen-bond donors (Lipinski definition) is 2. The van der Waals surface area contributed by atoms with Crippen LogP contribution in [0.2, 0.25) is 0 Å². The first kappa shape index (κ1) is 16.3. The van der Waals surface area contributed by atoms with Crippen LogP contribution in [0.3, 0.4) is 0 Å². The molecule has 0 saturated carbocycles. The van der Waals surface area contributed by atoms with Crippen LogP contribution >= 0.6 is 0 Å². The highest BCUT2D eigenvalue weighted by Crippen LogP contribution is 2.24. The number of anilines is 1. The van der Waals surface area contributed by atoms with Crippen molar-refractivity contribution >= 4 is 5.69 Å². The van der Waals surface area contributed by atoms with Gasteiger partial charge in [0.1, 0.15) is 0 Å². The van der Waals surface area contributed by atoms with Crippen molar-refractivity contribution in [1.29, 1.82) is 0 Å². The normalized spacial score (nSPS) is 15.2. The van der Waals surface area contributed by atoms with Crippen molar-refractivity contribution in [3.05, 3.63) is 29.3 Å². The number of aliphatic hydroxyl groups excluding tert-OH is 1. The Kier molecular flexibility index (Phi) is 6.52. The Bertz CT molecular complexity index is 431. The molecule has 1 atom stereocenters. The number of benzene rings is 1. The molecule has 0 spiro atoms. The van der Waals surface area contributed by atoms with E-state index in [1.54, 1.807) is 0 Å². The van der Waals surface area contributed by atoms with Crippen LogP contribution in [0, 0.1) is 5.92 Å². The lowest BCUT2D eigenvalue weighted by Gasteiger charge is -2.14. The first-order chi connectivity index (χ1) is 10.1. The van der Waals surface area contributed by atoms with Crippen molar-refractivity contribution in [2.45, 2.75) is 52.1 Å². The van der Waals surface area contributed by atoms with Gasteiger partial charge in [0.05, 0.1) is 12.7 Å². The van der Waals surface area contributed by atoms with Gasteiger partial charge in [0.15, 0.2) is 0 Å². The quantitative estimate of drug-likeness (QED) is 0.685. The molecule has 0 fully saturated rings. The lowest BCUT2D eigenvalue weighted by atomic mass is 10.1. The van der Waals surface area contributed by atoms with E-state index in [1.807, 2.05) is 0 Å². The summed E-state index contributed by atoms with van der Waals surface area (Å²) >= 11 is 0. The molecule has 0 heterocycles. The van der Waals surface area contributed by atoms with E-state index in [2.05, 4.69) is 37.4 Å². The van der Waals surface area contributed by atoms with Crippen LogP contribution in [-0.4, -0.2) is 31.0 Å². The number of aliphatic hydroxyl groups is 1. The molecular formula is C18H29NO2. The molecule has 1 aromatic rings. The van der Waals surface area contributed by atoms with E-state index in [1.165, 1.54) is 36.8 Å². The summed E-state index contributed by atoms with van der Waals surface area (Å²) < 4.78 is 5.52. The van der Waals surface area contributed by atoms with E-state index in [0.717, 1.165) is 24.6 Å². The van der Waals surface area contributed by atoms with Crippen molar-refractivity contribution < 1.29 is 9.84 Å². The minimum absolute atomic E-state index is 0.413. The SMILES string of the molecule is CC(C)CCCOCC(O)CNc1ccc2c(c1)CCC2. The maximum absolute atomic E-state index is 9.92. The zero-order valence-electron chi connectivity index (χ0n) is 13.4. The number of fused-ring (bicyclic) bond motifs is 1. The molecule has 0 aromatic heterocycles. The standard InChI is InChI=1S/C18H29NO2/c1-14(2)5-4-10-21-13-18(20)12-19-17-9-8-15-6-3-7-16(15)11-17/h8-9,11,14,18-20H,3-7,10,12-13H2,1-2H3. The molecule has 1 aromatic carbocycles. The van der Waals surface area contributed by atoms with Gasteiger partial charge in [-0.3, -0.25) is 0 Å². The first-order valence-corrected chi connectivity index (χ1v) is 8.26. The van der Waals surface area contributed by atoms with Gasteiger partial charge in [-0.15, -0.1) is 0 Å². The lowest BCUT2D eigenvalue weighted by molar-refractivity contribution is 0.0409. The van der Waals surface area contributed by atoms with Crippen LogP contribution in [0.15, 0.2) is 18.2 Å². The molecule has 2 N–H and O–H groups in total. The predicted molar refractivity (Wildman–Crippen MR) is 87.9 cm³/mol. The van der Waals surface area contributed by atoms with Crippen LogP contribution in [0.4, 0.5) is 5.69 Å². The number of ether oxygens (including phenoxy) is 1. The first-order valence-electron chi connectivity index (χ1n) is 8.26. The smallest absolute Gasteiger partial charge is 0.0945 e. The number of hydrogen-bond acceptors (Lipinski definition) is 3. The van der Waals surface area contributed by atoms with Gasteiger partial charge in [0.25, 0.3) is 0 Å². The largest absolute Gasteiger partial charge is 0.389 e. The average molecular weight is 291 g/mol. The fraction of sp³-hybridized carbons (Fsp3) is 0.667. The van der Waals surface area contributed by atoms with Crippen molar-refractivity contribution in [3.63, 3.8) is 0 Å². The minimum Gasteiger partial charge on any atom is -0.389 e. The second kappa shape index (κ2) is 8.40. The highest BCUT2D eigenvalue weighted by atomic mass is 16.5. The Morgan fingerprint density at radius 2 is 2.05 bits per heavy atom. The van der Waals surface area contributed by atoms with Crippen LogP contribution in [-0.2, 0) is 17.6 Å². The molecule has 0 saturated heterocycles. The fourth-order valence-electron chi connectivity index (χ4n) is 2.79. The van der Waals surface area contributed by atoms with E-state index >= 15 is 0 Å². The second-order valence-electron chi connectivity index (χ2n) is 6.48. The molecule has 2 rings (SSSR count). The van der Waals surface area contributed by atoms with Gasteiger partial charge in [-0.2, -0.15) is 0 Å². The third kappa shape index (κ3) is 5.68. The van der Waals surface area contributed by atoms with E-state index in [-0.39, 0.29) is 0 Å². The van der Waals surface area contributed by atoms with Crippen molar-refractivity contribution in [1.82, 2.24) is 0 Å². The maximum Gasteiger partial charge on any atom is 0.0945 e. The molecule has 3 heteroatoms. The van der Waals surface area contributed by atoms with Crippen LogP contribution in [0.25, 0.3) is 0 Å². The van der Waals surface area contributed by atoms with Gasteiger partial charge in [0, 0.05) is 18.8 Å². The lowest BCUT2D eigenvalue weighted by Crippen LogP contribution is -2.25. The molecule has 0 amide bonds. The van der Waals surface area contributed by atoms with E-state index in [0.29, 0.717) is 13.2 Å². The Labute approximate surface area is 128 Å². The summed E-state index contributed by atoms with van der Waals surface area (Å²) in [6.45, 7) is 6.14. The van der Waals surface area contributed by atoms with Crippen molar-refractivity contribution in [2.24, 2.45) is 5.92 Å². The molecule has 1 aliphatic carbocycles. The molecule has 3 nitrogen and oxygen atoms in total. The molecule has 118 valence electrons. The van der Waals surface area contributed by atoms with Gasteiger partial charge in [-0.05, 0) is 61.3 Å². The van der Waals surface area contributed by atoms with E-state index in [4.69, 9.17) is 4.74 Å². The van der Waals surface area contributed by atoms with Crippen LogP contribution in [0.1, 0.15) is 44.2 Å². The summed E-state index contributed by atoms with van der Waals surface area (Å²) in [6.07, 6.45) is 5.48. The fourth-order valence-corrected chi connectivity index (χ4v) is 2.79. The number of rotatable bonds is 9. The van der Waals surface area contributed by atoms with Crippen molar-refractivity contribution in [3.8, 4) is 0 Å². The minimum atomic E-state index is -0.447.